The van der Waals surface area contributed by atoms with E-state index in [-0.39, 0.29) is 24.8 Å². The third kappa shape index (κ3) is 4.78. The summed E-state index contributed by atoms with van der Waals surface area (Å²) in [5, 5.41) is 2.60. The van der Waals surface area contributed by atoms with Crippen LogP contribution in [0.3, 0.4) is 0 Å². The zero-order valence-electron chi connectivity index (χ0n) is 12.8. The summed E-state index contributed by atoms with van der Waals surface area (Å²) in [6, 6.07) is 5.88. The lowest BCUT2D eigenvalue weighted by Crippen LogP contribution is -2.39. The lowest BCUT2D eigenvalue weighted by atomic mass is 10.0. The van der Waals surface area contributed by atoms with Crippen LogP contribution in [0.5, 0.6) is 0 Å². The molecule has 0 radical (unpaired) electrons. The number of likely N-dealkylation sites (N-methyl/N-ethyl adjacent to an activating group) is 1. The number of aryl methyl sites for hydroxylation is 2. The van der Waals surface area contributed by atoms with Crippen LogP contribution in [0.4, 0.5) is 0 Å². The van der Waals surface area contributed by atoms with Gasteiger partial charge in [-0.25, -0.2) is 0 Å². The van der Waals surface area contributed by atoms with E-state index in [1.54, 1.807) is 7.05 Å². The summed E-state index contributed by atoms with van der Waals surface area (Å²) in [4.78, 5) is 25.8. The van der Waals surface area contributed by atoms with Gasteiger partial charge in [0.05, 0.1) is 13.1 Å². The van der Waals surface area contributed by atoms with Gasteiger partial charge in [-0.3, -0.25) is 14.5 Å². The molecule has 0 aliphatic heterocycles. The average molecular weight is 276 g/mol. The number of carbonyl (C=O) groups is 2. The van der Waals surface area contributed by atoms with Gasteiger partial charge in [-0.1, -0.05) is 24.6 Å². The maximum atomic E-state index is 12.4. The predicted molar refractivity (Wildman–Crippen MR) is 81.0 cm³/mol. The van der Waals surface area contributed by atoms with Crippen LogP contribution < -0.4 is 5.32 Å². The molecule has 1 N–H and O–H groups in total. The van der Waals surface area contributed by atoms with Crippen molar-refractivity contribution < 1.29 is 9.59 Å². The Morgan fingerprint density at radius 2 is 1.90 bits per heavy atom. The number of amides is 1. The second-order valence-corrected chi connectivity index (χ2v) is 5.13. The molecular weight excluding hydrogens is 252 g/mol. The van der Waals surface area contributed by atoms with E-state index in [2.05, 4.69) is 5.32 Å². The van der Waals surface area contributed by atoms with Crippen LogP contribution in [-0.4, -0.2) is 43.3 Å². The van der Waals surface area contributed by atoms with E-state index < -0.39 is 0 Å². The molecule has 0 aromatic heterocycles. The molecule has 0 aliphatic carbocycles. The molecule has 4 nitrogen and oxygen atoms in total. The van der Waals surface area contributed by atoms with Crippen molar-refractivity contribution in [3.05, 3.63) is 34.9 Å². The van der Waals surface area contributed by atoms with Crippen LogP contribution in [0.2, 0.25) is 0 Å². The summed E-state index contributed by atoms with van der Waals surface area (Å²) < 4.78 is 0. The fourth-order valence-electron chi connectivity index (χ4n) is 2.14. The minimum absolute atomic E-state index is 0.0628. The monoisotopic (exact) mass is 276 g/mol. The predicted octanol–water partition coefficient (Wildman–Crippen LogP) is 1.94. The zero-order valence-corrected chi connectivity index (χ0v) is 12.8. The molecule has 1 rings (SSSR count). The molecule has 1 aromatic rings. The minimum atomic E-state index is -0.0628. The van der Waals surface area contributed by atoms with Gasteiger partial charge in [-0.15, -0.1) is 0 Å². The van der Waals surface area contributed by atoms with Crippen molar-refractivity contribution in [1.29, 1.82) is 0 Å². The first-order valence-corrected chi connectivity index (χ1v) is 7.01. The van der Waals surface area contributed by atoms with Gasteiger partial charge in [-0.05, 0) is 38.4 Å². The normalized spacial score (nSPS) is 10.7. The Balaban J connectivity index is 2.79. The molecule has 0 saturated heterocycles. The van der Waals surface area contributed by atoms with E-state index in [1.165, 1.54) is 0 Å². The Kier molecular flexibility index (Phi) is 6.39. The zero-order chi connectivity index (χ0) is 15.1. The Morgan fingerprint density at radius 3 is 2.50 bits per heavy atom. The molecule has 110 valence electrons. The Hall–Kier alpha value is -1.68. The molecule has 0 bridgehead atoms. The number of Topliss-reactive ketones (excluding diaryl/α,β-unsaturated/α-hetero) is 1. The molecule has 0 saturated carbocycles. The summed E-state index contributed by atoms with van der Waals surface area (Å²) in [7, 11) is 1.61. The summed E-state index contributed by atoms with van der Waals surface area (Å²) >= 11 is 0. The molecule has 0 atom stereocenters. The highest BCUT2D eigenvalue weighted by molar-refractivity contribution is 5.99. The number of ketones is 1. The van der Waals surface area contributed by atoms with Crippen LogP contribution in [0.25, 0.3) is 0 Å². The second-order valence-electron chi connectivity index (χ2n) is 5.13. The first kappa shape index (κ1) is 16.4. The maximum Gasteiger partial charge on any atom is 0.233 e. The van der Waals surface area contributed by atoms with Gasteiger partial charge in [0, 0.05) is 12.6 Å². The molecular formula is C16H24N2O2. The van der Waals surface area contributed by atoms with Gasteiger partial charge >= 0.3 is 0 Å². The van der Waals surface area contributed by atoms with E-state index in [0.29, 0.717) is 0 Å². The van der Waals surface area contributed by atoms with Crippen LogP contribution in [0.15, 0.2) is 18.2 Å². The first-order chi connectivity index (χ1) is 9.47. The number of nitrogens with zero attached hydrogens (tertiary/aromatic N) is 1. The molecule has 20 heavy (non-hydrogen) atoms. The van der Waals surface area contributed by atoms with E-state index in [4.69, 9.17) is 0 Å². The fourth-order valence-corrected chi connectivity index (χ4v) is 2.14. The highest BCUT2D eigenvalue weighted by Gasteiger charge is 2.16. The van der Waals surface area contributed by atoms with Crippen LogP contribution in [-0.2, 0) is 4.79 Å². The molecule has 1 amide bonds. The lowest BCUT2D eigenvalue weighted by molar-refractivity contribution is -0.121. The number of carbonyl (C=O) groups excluding carboxylic acids is 2. The van der Waals surface area contributed by atoms with Gasteiger partial charge in [-0.2, -0.15) is 0 Å². The Morgan fingerprint density at radius 1 is 1.20 bits per heavy atom. The number of nitrogens with one attached hydrogen (secondary N) is 1. The van der Waals surface area contributed by atoms with Crippen molar-refractivity contribution >= 4 is 11.7 Å². The summed E-state index contributed by atoms with van der Waals surface area (Å²) in [6.07, 6.45) is 0.914. The van der Waals surface area contributed by atoms with Gasteiger partial charge in [0.1, 0.15) is 0 Å². The summed E-state index contributed by atoms with van der Waals surface area (Å²) in [5.74, 6) is 0.00997. The molecule has 4 heteroatoms. The van der Waals surface area contributed by atoms with Crippen molar-refractivity contribution in [3.63, 3.8) is 0 Å². The molecule has 0 heterocycles. The first-order valence-electron chi connectivity index (χ1n) is 7.01. The van der Waals surface area contributed by atoms with E-state index >= 15 is 0 Å². The van der Waals surface area contributed by atoms with E-state index in [9.17, 15) is 9.59 Å². The van der Waals surface area contributed by atoms with Crippen molar-refractivity contribution in [2.45, 2.75) is 27.2 Å². The SMILES string of the molecule is CCCN(CC(=O)NC)CC(=O)c1cc(C)ccc1C. The quantitative estimate of drug-likeness (QED) is 0.774. The third-order valence-corrected chi connectivity index (χ3v) is 3.25. The Bertz CT molecular complexity index is 483. The topological polar surface area (TPSA) is 49.4 Å². The van der Waals surface area contributed by atoms with Gasteiger partial charge in [0.15, 0.2) is 5.78 Å². The fraction of sp³-hybridized carbons (Fsp3) is 0.500. The number of rotatable bonds is 7. The smallest absolute Gasteiger partial charge is 0.233 e. The summed E-state index contributed by atoms with van der Waals surface area (Å²) in [5.41, 5.74) is 2.81. The second kappa shape index (κ2) is 7.80. The standard InChI is InChI=1S/C16H24N2O2/c1-5-8-18(11-16(20)17-4)10-15(19)14-9-12(2)6-7-13(14)3/h6-7,9H,5,8,10-11H2,1-4H3,(H,17,20). The summed E-state index contributed by atoms with van der Waals surface area (Å²) in [6.45, 7) is 7.25. The number of hydrogen-bond acceptors (Lipinski definition) is 3. The minimum Gasteiger partial charge on any atom is -0.358 e. The van der Waals surface area contributed by atoms with Crippen LogP contribution >= 0.6 is 0 Å². The van der Waals surface area contributed by atoms with Gasteiger partial charge in [0.25, 0.3) is 0 Å². The highest BCUT2D eigenvalue weighted by atomic mass is 16.2. The highest BCUT2D eigenvalue weighted by Crippen LogP contribution is 2.12. The maximum absolute atomic E-state index is 12.4. The average Bonchev–Trinajstić information content (AvgIpc) is 2.41. The van der Waals surface area contributed by atoms with Crippen molar-refractivity contribution in [2.24, 2.45) is 0 Å². The van der Waals surface area contributed by atoms with Crippen molar-refractivity contribution in [1.82, 2.24) is 10.2 Å². The molecule has 0 spiro atoms. The molecule has 0 fully saturated rings. The third-order valence-electron chi connectivity index (χ3n) is 3.25. The van der Waals surface area contributed by atoms with E-state index in [1.807, 2.05) is 43.9 Å². The van der Waals surface area contributed by atoms with Gasteiger partial charge < -0.3 is 5.32 Å². The Labute approximate surface area is 121 Å². The van der Waals surface area contributed by atoms with Crippen molar-refractivity contribution in [3.8, 4) is 0 Å². The number of benzene rings is 1. The molecule has 0 aliphatic rings. The van der Waals surface area contributed by atoms with E-state index in [0.717, 1.165) is 29.7 Å². The lowest BCUT2D eigenvalue weighted by Gasteiger charge is -2.20. The van der Waals surface area contributed by atoms with Gasteiger partial charge in [0.2, 0.25) is 5.91 Å². The van der Waals surface area contributed by atoms with Crippen LogP contribution in [0, 0.1) is 13.8 Å². The largest absolute Gasteiger partial charge is 0.358 e. The van der Waals surface area contributed by atoms with Crippen LogP contribution in [0.1, 0.15) is 34.8 Å². The molecule has 0 unspecified atom stereocenters. The molecule has 1 aromatic carbocycles. The van der Waals surface area contributed by atoms with Crippen molar-refractivity contribution in [2.75, 3.05) is 26.7 Å². The number of hydrogen-bond donors (Lipinski definition) is 1.